The summed E-state index contributed by atoms with van der Waals surface area (Å²) in [5.74, 6) is -2.02. The van der Waals surface area contributed by atoms with Crippen LogP contribution in [0, 0.1) is 11.6 Å². The summed E-state index contributed by atoms with van der Waals surface area (Å²) in [6, 6.07) is 1.40. The van der Waals surface area contributed by atoms with E-state index >= 15 is 0 Å². The molecule has 0 fully saturated rings. The van der Waals surface area contributed by atoms with Gasteiger partial charge < -0.3 is 5.73 Å². The Hall–Kier alpha value is -1.69. The highest BCUT2D eigenvalue weighted by Gasteiger charge is 2.18. The van der Waals surface area contributed by atoms with Crippen LogP contribution in [0.4, 0.5) is 8.78 Å². The predicted molar refractivity (Wildman–Crippen MR) is 56.0 cm³/mol. The molecule has 2 N–H and O–H groups in total. The van der Waals surface area contributed by atoms with E-state index in [9.17, 15) is 13.6 Å². The minimum absolute atomic E-state index is 0.0396. The molecule has 1 heterocycles. The van der Waals surface area contributed by atoms with E-state index in [1.54, 1.807) is 0 Å². The molecule has 0 amide bonds. The molecule has 6 heteroatoms. The number of rotatable bonds is 1. The van der Waals surface area contributed by atoms with Crippen LogP contribution >= 0.6 is 0 Å². The standard InChI is InChI=1S/C10H11F2N3O/c1-14-6-3-5(4-13)7(11)8(12)9(6)15(2)10(14)16/h3H,4,13H2,1-2H3. The van der Waals surface area contributed by atoms with Crippen molar-refractivity contribution in [1.29, 1.82) is 0 Å². The van der Waals surface area contributed by atoms with Crippen LogP contribution in [0.25, 0.3) is 11.0 Å². The van der Waals surface area contributed by atoms with E-state index in [1.165, 1.54) is 24.7 Å². The third-order valence-corrected chi connectivity index (χ3v) is 2.73. The third-order valence-electron chi connectivity index (χ3n) is 2.73. The Bertz CT molecular complexity index is 627. The zero-order valence-electron chi connectivity index (χ0n) is 8.92. The first-order valence-electron chi connectivity index (χ1n) is 4.71. The largest absolute Gasteiger partial charge is 0.328 e. The number of hydrogen-bond donors (Lipinski definition) is 1. The number of benzene rings is 1. The minimum Gasteiger partial charge on any atom is -0.326 e. The lowest BCUT2D eigenvalue weighted by atomic mass is 10.1. The van der Waals surface area contributed by atoms with Crippen molar-refractivity contribution in [2.24, 2.45) is 19.8 Å². The second-order valence-electron chi connectivity index (χ2n) is 3.64. The Kier molecular flexibility index (Phi) is 2.31. The van der Waals surface area contributed by atoms with Crippen molar-refractivity contribution < 1.29 is 8.78 Å². The molecule has 4 nitrogen and oxygen atoms in total. The SMILES string of the molecule is Cn1c(=O)n(C)c2c(F)c(F)c(CN)cc21. The maximum absolute atomic E-state index is 13.7. The summed E-state index contributed by atoms with van der Waals surface area (Å²) < 4.78 is 29.5. The van der Waals surface area contributed by atoms with Gasteiger partial charge in [-0.1, -0.05) is 0 Å². The molecular formula is C10H11F2N3O. The highest BCUT2D eigenvalue weighted by Crippen LogP contribution is 2.22. The zero-order chi connectivity index (χ0) is 12.0. The number of imidazole rings is 1. The maximum atomic E-state index is 13.7. The molecular weight excluding hydrogens is 216 g/mol. The minimum atomic E-state index is -1.03. The predicted octanol–water partition coefficient (Wildman–Crippen LogP) is 0.614. The molecule has 0 aliphatic rings. The molecule has 2 aromatic rings. The fraction of sp³-hybridized carbons (Fsp3) is 0.300. The van der Waals surface area contributed by atoms with Gasteiger partial charge in [-0.2, -0.15) is 0 Å². The van der Waals surface area contributed by atoms with Crippen molar-refractivity contribution in [1.82, 2.24) is 9.13 Å². The van der Waals surface area contributed by atoms with E-state index in [4.69, 9.17) is 5.73 Å². The highest BCUT2D eigenvalue weighted by atomic mass is 19.2. The van der Waals surface area contributed by atoms with E-state index in [1.807, 2.05) is 0 Å². The van der Waals surface area contributed by atoms with Gasteiger partial charge in [-0.15, -0.1) is 0 Å². The lowest BCUT2D eigenvalue weighted by Gasteiger charge is -2.03. The first kappa shape index (κ1) is 10.8. The van der Waals surface area contributed by atoms with Crippen molar-refractivity contribution in [2.75, 3.05) is 0 Å². The van der Waals surface area contributed by atoms with Crippen molar-refractivity contribution in [3.05, 3.63) is 33.7 Å². The Morgan fingerprint density at radius 3 is 2.44 bits per heavy atom. The van der Waals surface area contributed by atoms with Crippen LogP contribution in [0.1, 0.15) is 5.56 Å². The van der Waals surface area contributed by atoms with E-state index in [0.29, 0.717) is 5.52 Å². The Labute approximate surface area is 89.9 Å². The van der Waals surface area contributed by atoms with Crippen LogP contribution in [0.15, 0.2) is 10.9 Å². The van der Waals surface area contributed by atoms with Crippen LogP contribution in [0.5, 0.6) is 0 Å². The summed E-state index contributed by atoms with van der Waals surface area (Å²) in [4.78, 5) is 11.6. The molecule has 2 rings (SSSR count). The van der Waals surface area contributed by atoms with Crippen LogP contribution in [-0.4, -0.2) is 9.13 Å². The number of hydrogen-bond acceptors (Lipinski definition) is 2. The topological polar surface area (TPSA) is 53.0 Å². The van der Waals surface area contributed by atoms with Crippen molar-refractivity contribution >= 4 is 11.0 Å². The summed E-state index contributed by atoms with van der Waals surface area (Å²) in [5.41, 5.74) is 5.27. The molecule has 0 spiro atoms. The molecule has 0 saturated carbocycles. The van der Waals surface area contributed by atoms with Crippen LogP contribution in [-0.2, 0) is 20.6 Å². The van der Waals surface area contributed by atoms with Gasteiger partial charge in [0.2, 0.25) is 0 Å². The van der Waals surface area contributed by atoms with E-state index in [-0.39, 0.29) is 17.6 Å². The summed E-state index contributed by atoms with van der Waals surface area (Å²) in [5, 5.41) is 0. The molecule has 86 valence electrons. The van der Waals surface area contributed by atoms with Gasteiger partial charge in [0.1, 0.15) is 5.52 Å². The highest BCUT2D eigenvalue weighted by molar-refractivity contribution is 5.77. The summed E-state index contributed by atoms with van der Waals surface area (Å²) in [7, 11) is 2.90. The lowest BCUT2D eigenvalue weighted by Crippen LogP contribution is -2.19. The number of halogens is 2. The second-order valence-corrected chi connectivity index (χ2v) is 3.64. The van der Waals surface area contributed by atoms with Gasteiger partial charge in [0.05, 0.1) is 5.52 Å². The van der Waals surface area contributed by atoms with Crippen molar-refractivity contribution in [3.8, 4) is 0 Å². The number of aromatic nitrogens is 2. The van der Waals surface area contributed by atoms with E-state index in [0.717, 1.165) is 4.57 Å². The van der Waals surface area contributed by atoms with Crippen LogP contribution < -0.4 is 11.4 Å². The first-order valence-corrected chi connectivity index (χ1v) is 4.71. The fourth-order valence-electron chi connectivity index (χ4n) is 1.80. The van der Waals surface area contributed by atoms with Gasteiger partial charge in [-0.3, -0.25) is 9.13 Å². The average molecular weight is 227 g/mol. The third kappa shape index (κ3) is 1.19. The number of fused-ring (bicyclic) bond motifs is 1. The first-order chi connectivity index (χ1) is 7.49. The second kappa shape index (κ2) is 3.41. The van der Waals surface area contributed by atoms with Crippen molar-refractivity contribution in [2.45, 2.75) is 6.54 Å². The zero-order valence-corrected chi connectivity index (χ0v) is 8.92. The summed E-state index contributed by atoms with van der Waals surface area (Å²) >= 11 is 0. The van der Waals surface area contributed by atoms with Gasteiger partial charge in [-0.05, 0) is 6.07 Å². The average Bonchev–Trinajstić information content (AvgIpc) is 2.48. The van der Waals surface area contributed by atoms with Gasteiger partial charge >= 0.3 is 5.69 Å². The molecule has 0 aliphatic heterocycles. The normalized spacial score (nSPS) is 11.3. The molecule has 0 unspecified atom stereocenters. The van der Waals surface area contributed by atoms with Crippen LogP contribution in [0.2, 0.25) is 0 Å². The van der Waals surface area contributed by atoms with Crippen LogP contribution in [0.3, 0.4) is 0 Å². The molecule has 0 saturated heterocycles. The van der Waals surface area contributed by atoms with Gasteiger partial charge in [0, 0.05) is 26.2 Å². The Balaban J connectivity index is 3.05. The number of nitrogens with two attached hydrogens (primary N) is 1. The van der Waals surface area contributed by atoms with Gasteiger partial charge in [-0.25, -0.2) is 13.6 Å². The molecule has 1 aromatic heterocycles. The summed E-state index contributed by atoms with van der Waals surface area (Å²) in [6.45, 7) is -0.109. The lowest BCUT2D eigenvalue weighted by molar-refractivity contribution is 0.503. The number of nitrogens with zero attached hydrogens (tertiary/aromatic N) is 2. The maximum Gasteiger partial charge on any atom is 0.328 e. The summed E-state index contributed by atoms with van der Waals surface area (Å²) in [6.07, 6.45) is 0. The van der Waals surface area contributed by atoms with Gasteiger partial charge in [0.15, 0.2) is 11.6 Å². The number of aryl methyl sites for hydroxylation is 2. The molecule has 16 heavy (non-hydrogen) atoms. The Morgan fingerprint density at radius 2 is 1.88 bits per heavy atom. The fourth-order valence-corrected chi connectivity index (χ4v) is 1.80. The molecule has 0 bridgehead atoms. The van der Waals surface area contributed by atoms with E-state index < -0.39 is 17.3 Å². The van der Waals surface area contributed by atoms with E-state index in [2.05, 4.69) is 0 Å². The van der Waals surface area contributed by atoms with Gasteiger partial charge in [0.25, 0.3) is 0 Å². The molecule has 0 atom stereocenters. The monoisotopic (exact) mass is 227 g/mol. The Morgan fingerprint density at radius 1 is 1.25 bits per heavy atom. The molecule has 0 aliphatic carbocycles. The molecule has 0 radical (unpaired) electrons. The van der Waals surface area contributed by atoms with Crippen molar-refractivity contribution in [3.63, 3.8) is 0 Å². The molecule has 1 aromatic carbocycles. The smallest absolute Gasteiger partial charge is 0.326 e. The quantitative estimate of drug-likeness (QED) is 0.776.